The molecule has 1 spiro atoms. The van der Waals surface area contributed by atoms with Crippen LogP contribution in [0, 0.1) is 15.5 Å². The molecule has 0 bridgehead atoms. The number of hydrogen-bond donors (Lipinski definition) is 0. The van der Waals surface area contributed by atoms with Crippen LogP contribution in [0.15, 0.2) is 78.9 Å². The Bertz CT molecular complexity index is 1450. The first-order valence-electron chi connectivity index (χ1n) is 11.4. The van der Waals surface area contributed by atoms with Gasteiger partial charge in [0.2, 0.25) is 0 Å². The fraction of sp³-hybridized carbons (Fsp3) is 0.179. The second-order valence-electron chi connectivity index (χ2n) is 9.23. The minimum absolute atomic E-state index is 0.156. The SMILES string of the molecule is CC(=O)[C@@H]1[C@H](c2cccc([N+](=O)[O-])c2)C2(C(=O)c3ccccc3C2=O)[C@@H]2C=Cc3ccccc3N12. The molecule has 0 amide bonds. The largest absolute Gasteiger partial charge is 0.352 e. The molecular formula is C28H20N2O5. The van der Waals surface area contributed by atoms with Gasteiger partial charge in [-0.2, -0.15) is 0 Å². The average molecular weight is 464 g/mol. The summed E-state index contributed by atoms with van der Waals surface area (Å²) in [6.45, 7) is 1.45. The van der Waals surface area contributed by atoms with Crippen molar-refractivity contribution in [2.45, 2.75) is 24.9 Å². The summed E-state index contributed by atoms with van der Waals surface area (Å²) in [6, 6.07) is 18.6. The maximum absolute atomic E-state index is 14.2. The molecule has 0 unspecified atom stereocenters. The van der Waals surface area contributed by atoms with Crippen molar-refractivity contribution in [1.29, 1.82) is 0 Å². The van der Waals surface area contributed by atoms with E-state index in [4.69, 9.17) is 0 Å². The van der Waals surface area contributed by atoms with Crippen LogP contribution >= 0.6 is 0 Å². The van der Waals surface area contributed by atoms with E-state index in [0.717, 1.165) is 11.3 Å². The van der Waals surface area contributed by atoms with Crippen LogP contribution < -0.4 is 4.90 Å². The quantitative estimate of drug-likeness (QED) is 0.319. The first kappa shape index (κ1) is 21.2. The minimum atomic E-state index is -1.63. The summed E-state index contributed by atoms with van der Waals surface area (Å²) in [5, 5.41) is 11.6. The van der Waals surface area contributed by atoms with Crippen molar-refractivity contribution < 1.29 is 19.3 Å². The second kappa shape index (κ2) is 7.30. The summed E-state index contributed by atoms with van der Waals surface area (Å²) in [4.78, 5) is 54.8. The van der Waals surface area contributed by atoms with E-state index in [1.54, 1.807) is 30.3 Å². The zero-order valence-electron chi connectivity index (χ0n) is 18.8. The van der Waals surface area contributed by atoms with Gasteiger partial charge in [-0.25, -0.2) is 0 Å². The second-order valence-corrected chi connectivity index (χ2v) is 9.23. The van der Waals surface area contributed by atoms with E-state index >= 15 is 0 Å². The predicted octanol–water partition coefficient (Wildman–Crippen LogP) is 4.62. The summed E-state index contributed by atoms with van der Waals surface area (Å²) in [7, 11) is 0. The molecule has 1 aliphatic carbocycles. The van der Waals surface area contributed by atoms with Crippen molar-refractivity contribution in [2.24, 2.45) is 5.41 Å². The molecule has 2 heterocycles. The Morgan fingerprint density at radius 3 is 2.26 bits per heavy atom. The molecule has 0 aromatic heterocycles. The van der Waals surface area contributed by atoms with E-state index in [9.17, 15) is 24.5 Å². The van der Waals surface area contributed by atoms with Crippen LogP contribution in [0.2, 0.25) is 0 Å². The molecule has 0 N–H and O–H groups in total. The lowest BCUT2D eigenvalue weighted by molar-refractivity contribution is -0.384. The number of nitro benzene ring substituents is 1. The molecule has 3 aromatic rings. The Morgan fingerprint density at radius 1 is 0.943 bits per heavy atom. The minimum Gasteiger partial charge on any atom is -0.352 e. The first-order valence-corrected chi connectivity index (χ1v) is 11.4. The van der Waals surface area contributed by atoms with Crippen LogP contribution in [0.3, 0.4) is 0 Å². The van der Waals surface area contributed by atoms with Crippen molar-refractivity contribution in [3.05, 3.63) is 111 Å². The lowest BCUT2D eigenvalue weighted by atomic mass is 9.64. The summed E-state index contributed by atoms with van der Waals surface area (Å²) in [5.41, 5.74) is 0.919. The van der Waals surface area contributed by atoms with Gasteiger partial charge in [-0.15, -0.1) is 0 Å². The smallest absolute Gasteiger partial charge is 0.269 e. The van der Waals surface area contributed by atoms with Gasteiger partial charge in [0.1, 0.15) is 5.41 Å². The van der Waals surface area contributed by atoms with Crippen LogP contribution in [-0.2, 0) is 4.79 Å². The topological polar surface area (TPSA) is 97.6 Å². The number of nitro groups is 1. The normalized spacial score (nSPS) is 23.2. The third kappa shape index (κ3) is 2.63. The van der Waals surface area contributed by atoms with Crippen molar-refractivity contribution in [3.8, 4) is 0 Å². The van der Waals surface area contributed by atoms with Crippen molar-refractivity contribution >= 4 is 34.8 Å². The number of carbonyl (C=O) groups is 3. The molecule has 1 saturated heterocycles. The number of nitrogens with zero attached hydrogens (tertiary/aromatic N) is 2. The molecule has 3 aliphatic rings. The van der Waals surface area contributed by atoms with Crippen LogP contribution in [0.25, 0.3) is 6.08 Å². The molecule has 7 heteroatoms. The zero-order chi connectivity index (χ0) is 24.5. The van der Waals surface area contributed by atoms with Gasteiger partial charge in [-0.1, -0.05) is 66.7 Å². The van der Waals surface area contributed by atoms with E-state index in [2.05, 4.69) is 0 Å². The van der Waals surface area contributed by atoms with Gasteiger partial charge in [0.25, 0.3) is 5.69 Å². The van der Waals surface area contributed by atoms with Crippen LogP contribution in [-0.4, -0.2) is 34.4 Å². The number of benzene rings is 3. The number of hydrogen-bond acceptors (Lipinski definition) is 6. The van der Waals surface area contributed by atoms with Gasteiger partial charge in [0, 0.05) is 34.9 Å². The molecule has 35 heavy (non-hydrogen) atoms. The summed E-state index contributed by atoms with van der Waals surface area (Å²) in [5.74, 6) is -1.83. The molecule has 0 radical (unpaired) electrons. The number of fused-ring (bicyclic) bond motifs is 5. The average Bonchev–Trinajstić information content (AvgIpc) is 3.31. The monoisotopic (exact) mass is 464 g/mol. The lowest BCUT2D eigenvalue weighted by Crippen LogP contribution is -2.48. The zero-order valence-corrected chi connectivity index (χ0v) is 18.8. The summed E-state index contributed by atoms with van der Waals surface area (Å²) >= 11 is 0. The molecule has 7 nitrogen and oxygen atoms in total. The first-order chi connectivity index (χ1) is 16.9. The van der Waals surface area contributed by atoms with E-state index in [-0.39, 0.29) is 23.0 Å². The van der Waals surface area contributed by atoms with Gasteiger partial charge in [0.15, 0.2) is 17.3 Å². The lowest BCUT2D eigenvalue weighted by Gasteiger charge is -2.37. The number of para-hydroxylation sites is 1. The Kier molecular flexibility index (Phi) is 4.42. The number of carbonyl (C=O) groups excluding carboxylic acids is 3. The summed E-state index contributed by atoms with van der Waals surface area (Å²) in [6.07, 6.45) is 3.71. The number of Topliss-reactive ketones (excluding diaryl/α,β-unsaturated/α-hetero) is 3. The van der Waals surface area contributed by atoms with Crippen molar-refractivity contribution in [1.82, 2.24) is 0 Å². The fourth-order valence-electron chi connectivity index (χ4n) is 6.28. The Balaban J connectivity index is 1.69. The predicted molar refractivity (Wildman–Crippen MR) is 130 cm³/mol. The highest BCUT2D eigenvalue weighted by molar-refractivity contribution is 6.32. The van der Waals surface area contributed by atoms with E-state index in [1.165, 1.54) is 25.1 Å². The molecule has 6 rings (SSSR count). The number of rotatable bonds is 3. The van der Waals surface area contributed by atoms with Gasteiger partial charge >= 0.3 is 0 Å². The molecule has 3 aromatic carbocycles. The maximum atomic E-state index is 14.2. The molecular weight excluding hydrogens is 444 g/mol. The van der Waals surface area contributed by atoms with Crippen molar-refractivity contribution in [3.63, 3.8) is 0 Å². The number of anilines is 1. The van der Waals surface area contributed by atoms with Gasteiger partial charge in [0.05, 0.1) is 17.0 Å². The highest BCUT2D eigenvalue weighted by atomic mass is 16.6. The molecule has 172 valence electrons. The highest BCUT2D eigenvalue weighted by Gasteiger charge is 2.71. The van der Waals surface area contributed by atoms with E-state index in [0.29, 0.717) is 16.7 Å². The van der Waals surface area contributed by atoms with Gasteiger partial charge < -0.3 is 4.90 Å². The maximum Gasteiger partial charge on any atom is 0.269 e. The Morgan fingerprint density at radius 2 is 1.60 bits per heavy atom. The van der Waals surface area contributed by atoms with Gasteiger partial charge in [-0.05, 0) is 24.1 Å². The van der Waals surface area contributed by atoms with E-state index in [1.807, 2.05) is 41.3 Å². The van der Waals surface area contributed by atoms with Gasteiger partial charge in [-0.3, -0.25) is 24.5 Å². The molecule has 3 atom stereocenters. The Hall–Kier alpha value is -4.39. The van der Waals surface area contributed by atoms with Crippen LogP contribution in [0.1, 0.15) is 44.7 Å². The Labute approximate surface area is 200 Å². The summed E-state index contributed by atoms with van der Waals surface area (Å²) < 4.78 is 0. The van der Waals surface area contributed by atoms with Crippen molar-refractivity contribution in [2.75, 3.05) is 4.90 Å². The molecule has 2 aliphatic heterocycles. The highest BCUT2D eigenvalue weighted by Crippen LogP contribution is 2.60. The fourth-order valence-corrected chi connectivity index (χ4v) is 6.28. The third-order valence-corrected chi connectivity index (χ3v) is 7.57. The van der Waals surface area contributed by atoms with Crippen LogP contribution in [0.5, 0.6) is 0 Å². The standard InChI is InChI=1S/C28H20N2O5/c1-16(31)25-24(18-8-6-9-19(15-18)30(34)35)28(26(32)20-10-3-4-11-21(20)27(28)33)23-14-13-17-7-2-5-12-22(17)29(23)25/h2-15,23-25H,1H3/t23-,24-,25+/m0/s1. The third-order valence-electron chi connectivity index (χ3n) is 7.57. The van der Waals surface area contributed by atoms with Crippen LogP contribution in [0.4, 0.5) is 11.4 Å². The number of non-ortho nitro benzene ring substituents is 1. The van der Waals surface area contributed by atoms with E-state index < -0.39 is 28.3 Å². The molecule has 1 fully saturated rings. The molecule has 0 saturated carbocycles. The number of ketones is 3.